The van der Waals surface area contributed by atoms with Crippen LogP contribution in [0.15, 0.2) is 334 Å². The molecular formula is C103H81Cl2F4N21O9. The van der Waals surface area contributed by atoms with Crippen molar-refractivity contribution in [3.8, 4) is 61.4 Å². The molecule has 0 aliphatic carbocycles. The molecule has 0 bridgehead atoms. The average molecular weight is 1900 g/mol. The number of benzene rings is 10. The van der Waals surface area contributed by atoms with Gasteiger partial charge in [0.1, 0.15) is 12.4 Å². The number of ketones is 1. The fourth-order valence-corrected chi connectivity index (χ4v) is 14.8. The van der Waals surface area contributed by atoms with E-state index >= 15 is 0 Å². The van der Waals surface area contributed by atoms with Crippen molar-refractivity contribution < 1.29 is 60.9 Å². The number of hydrogen-bond acceptors (Lipinski definition) is 23. The number of aromatic carboxylic acids is 1. The van der Waals surface area contributed by atoms with Crippen molar-refractivity contribution in [2.24, 2.45) is 0 Å². The van der Waals surface area contributed by atoms with Crippen molar-refractivity contribution in [2.45, 2.75) is 19.8 Å². The number of aromatic nitrogens is 15. The number of nitrogens with zero attached hydrogens (tertiary/aromatic N) is 16. The third-order valence-corrected chi connectivity index (χ3v) is 21.7. The zero-order valence-electron chi connectivity index (χ0n) is 74.6. The number of fused-ring (bicyclic) bond motifs is 5. The lowest BCUT2D eigenvalue weighted by Gasteiger charge is -2.10. The highest BCUT2D eigenvalue weighted by molar-refractivity contribution is 6.31. The molecule has 10 aromatic heterocycles. The molecule has 10 aromatic carbocycles. The first kappa shape index (κ1) is 94.2. The maximum Gasteiger partial charge on any atom is 0.416 e. The van der Waals surface area contributed by atoms with Gasteiger partial charge in [0.05, 0.1) is 43.6 Å². The van der Waals surface area contributed by atoms with Crippen LogP contribution in [0.3, 0.4) is 0 Å². The van der Waals surface area contributed by atoms with E-state index in [0.29, 0.717) is 107 Å². The van der Waals surface area contributed by atoms with Gasteiger partial charge in [-0.25, -0.2) is 41.4 Å². The van der Waals surface area contributed by atoms with Crippen molar-refractivity contribution in [1.82, 2.24) is 77.9 Å². The van der Waals surface area contributed by atoms with E-state index in [1.54, 1.807) is 184 Å². The monoisotopic (exact) mass is 1900 g/mol. The number of alkyl halides is 4. The van der Waals surface area contributed by atoms with Crippen molar-refractivity contribution in [3.63, 3.8) is 0 Å². The van der Waals surface area contributed by atoms with Crippen LogP contribution in [0.4, 0.5) is 75.7 Å². The van der Waals surface area contributed by atoms with E-state index in [-0.39, 0.29) is 29.2 Å². The zero-order valence-corrected chi connectivity index (χ0v) is 76.1. The lowest BCUT2D eigenvalue weighted by molar-refractivity contribution is -0.137. The molecule has 0 saturated heterocycles. The number of hydrogen-bond donors (Lipinski definition) is 6. The summed E-state index contributed by atoms with van der Waals surface area (Å²) in [5.74, 6) is 1.04. The standard InChI is InChI=1S/C21H18ClN5O.C21H15F3N4O.C21H18N4O3.C20H15ClN4O2.C20H15FN4O2/c1-26(2)20(28)14-8-10-17(11-9-14)23-21-24-19-18(7-4-12-27(19)25-21)15-5-3-6-16(22)13-15;1-13(29)14-7-9-17(10-8-14)25-20-26-19-18(6-3-11-28(19)27-20)15-4-2-5-16(12-15)21(22,23)24;1-27-17-6-3-5-15(13-17)18-7-4-12-25-19(18)23-21(24-25)22-16-10-8-14(9-11-16)20(26)28-2;1-27-19(26)13-7-9-16(10-8-13)22-20-23-18-17(6-3-11-25(18)24-20)14-4-2-5-15(21)12-14;21-12-13-3-1-4-15(11-13)17-5-2-10-25-18(17)23-20(24-25)22-16-8-6-14(7-9-16)19(26)27/h3-13H,1-2H3,(H,23,25);2-12H,1H3,(H,25,27);3-13H,1-2H3,(H,22,24);2-12H,1H3,(H,22,24);1-11H,12H2,(H,22,24)(H,26,27). The number of carbonyl (C=O) groups excluding carboxylic acids is 4. The minimum atomic E-state index is -4.42. The van der Waals surface area contributed by atoms with Gasteiger partial charge in [-0.3, -0.25) is 9.59 Å². The molecular weight excluding hydrogens is 1820 g/mol. The largest absolute Gasteiger partial charge is 0.497 e. The second kappa shape index (κ2) is 42.5. The molecule has 6 N–H and O–H groups in total. The highest BCUT2D eigenvalue weighted by Gasteiger charge is 2.31. The first-order valence-corrected chi connectivity index (χ1v) is 43.3. The summed E-state index contributed by atoms with van der Waals surface area (Å²) >= 11 is 12.2. The quantitative estimate of drug-likeness (QED) is 0.0208. The van der Waals surface area contributed by atoms with Crippen molar-refractivity contribution in [3.05, 3.63) is 383 Å². The predicted octanol–water partition coefficient (Wildman–Crippen LogP) is 22.7. The van der Waals surface area contributed by atoms with E-state index in [4.69, 9.17) is 42.5 Å². The molecule has 1 amide bonds. The molecule has 0 aliphatic heterocycles. The Balaban J connectivity index is 0.000000125. The molecule has 20 aromatic rings. The maximum absolute atomic E-state index is 13.1. The Labute approximate surface area is 799 Å². The highest BCUT2D eigenvalue weighted by atomic mass is 35.5. The van der Waals surface area contributed by atoms with Gasteiger partial charge in [0.2, 0.25) is 29.7 Å². The Morgan fingerprint density at radius 3 is 0.957 bits per heavy atom. The number of Topliss-reactive ketones (excluding diaryl/α,β-unsaturated/α-hetero) is 1. The van der Waals surface area contributed by atoms with Crippen LogP contribution in [-0.4, -0.2) is 148 Å². The molecule has 0 unspecified atom stereocenters. The molecule has 20 rings (SSSR count). The minimum Gasteiger partial charge on any atom is -0.497 e. The second-order valence-electron chi connectivity index (χ2n) is 30.8. The van der Waals surface area contributed by atoms with Crippen LogP contribution in [0, 0.1) is 0 Å². The molecule has 30 nitrogen and oxygen atoms in total. The van der Waals surface area contributed by atoms with Gasteiger partial charge in [-0.15, -0.1) is 25.5 Å². The fourth-order valence-electron chi connectivity index (χ4n) is 14.4. The average Bonchev–Trinajstić information content (AvgIpc) is 1.68. The normalized spacial score (nSPS) is 10.9. The highest BCUT2D eigenvalue weighted by Crippen LogP contribution is 2.37. The first-order valence-electron chi connectivity index (χ1n) is 42.5. The Morgan fingerprint density at radius 1 is 0.360 bits per heavy atom. The van der Waals surface area contributed by atoms with Crippen molar-refractivity contribution >= 4 is 139 Å². The molecule has 0 atom stereocenters. The number of carboxylic acid groups (broad SMARTS) is 1. The number of methoxy groups -OCH3 is 3. The number of carbonyl (C=O) groups is 5. The zero-order chi connectivity index (χ0) is 97.4. The number of nitrogens with one attached hydrogen (secondary N) is 5. The van der Waals surface area contributed by atoms with E-state index in [0.717, 1.165) is 90.7 Å². The third-order valence-electron chi connectivity index (χ3n) is 21.2. The van der Waals surface area contributed by atoms with E-state index in [1.807, 2.05) is 164 Å². The van der Waals surface area contributed by atoms with E-state index in [9.17, 15) is 41.5 Å². The topological polar surface area (TPSA) is 348 Å². The summed E-state index contributed by atoms with van der Waals surface area (Å²) in [6.07, 6.45) is 4.56. The van der Waals surface area contributed by atoms with E-state index < -0.39 is 24.4 Å². The Hall–Kier alpha value is -18.1. The van der Waals surface area contributed by atoms with Gasteiger partial charge < -0.3 is 50.8 Å². The summed E-state index contributed by atoms with van der Waals surface area (Å²) in [6, 6.07) is 88.5. The van der Waals surface area contributed by atoms with Crippen LogP contribution < -0.4 is 31.3 Å². The Bertz CT molecular complexity index is 7880. The van der Waals surface area contributed by atoms with Gasteiger partial charge >= 0.3 is 24.1 Å². The molecule has 0 spiro atoms. The van der Waals surface area contributed by atoms with Crippen molar-refractivity contribution in [2.75, 3.05) is 62.0 Å². The van der Waals surface area contributed by atoms with Gasteiger partial charge in [-0.05, 0) is 277 Å². The maximum atomic E-state index is 13.1. The van der Waals surface area contributed by atoms with Crippen LogP contribution in [0.25, 0.3) is 83.9 Å². The summed E-state index contributed by atoms with van der Waals surface area (Å²) < 4.78 is 75.2. The molecule has 694 valence electrons. The summed E-state index contributed by atoms with van der Waals surface area (Å²) in [5.41, 5.74) is 17.6. The molecule has 0 fully saturated rings. The number of halogens is 6. The third kappa shape index (κ3) is 22.9. The van der Waals surface area contributed by atoms with Gasteiger partial charge in [-0.1, -0.05) is 89.9 Å². The SMILES string of the molecule is CC(=O)c1ccc(Nc2nc3c(-c4cccc(C(F)(F)F)c4)cccn3n2)cc1.CN(C)C(=O)c1ccc(Nc2nc3c(-c4cccc(Cl)c4)cccn3n2)cc1.COC(=O)c1ccc(Nc2nc3c(-c4cccc(Cl)c4)cccn3n2)cc1.COC(=O)c1ccc(Nc2nc3c(-c4cccc(OC)c4)cccn3n2)cc1.O=C(O)c1ccc(Nc2nc3c(-c4cccc(CF)c4)cccn3n2)cc1. The van der Waals surface area contributed by atoms with Crippen LogP contribution in [0.2, 0.25) is 10.0 Å². The lowest BCUT2D eigenvalue weighted by atomic mass is 10.0. The second-order valence-corrected chi connectivity index (χ2v) is 31.7. The lowest BCUT2D eigenvalue weighted by Crippen LogP contribution is -2.21. The Kier molecular flexibility index (Phi) is 28.8. The molecule has 139 heavy (non-hydrogen) atoms. The molecule has 0 saturated carbocycles. The fraction of sp³-hybridized carbons (Fsp3) is 0.0777. The molecule has 36 heteroatoms. The van der Waals surface area contributed by atoms with Gasteiger partial charge in [-0.2, -0.15) is 38.1 Å². The number of anilines is 10. The van der Waals surface area contributed by atoms with Crippen LogP contribution >= 0.6 is 23.2 Å². The summed E-state index contributed by atoms with van der Waals surface area (Å²) in [5, 5.41) is 48.1. The predicted molar refractivity (Wildman–Crippen MR) is 525 cm³/mol. The number of ether oxygens (including phenoxy) is 3. The van der Waals surface area contributed by atoms with E-state index in [2.05, 4.69) is 77.0 Å². The molecule has 10 heterocycles. The number of esters is 2. The minimum absolute atomic E-state index is 0.0341. The number of rotatable bonds is 22. The molecule has 0 aliphatic rings. The molecule has 0 radical (unpaired) electrons. The number of amides is 1. The van der Waals surface area contributed by atoms with Crippen LogP contribution in [-0.2, 0) is 22.3 Å². The van der Waals surface area contributed by atoms with Gasteiger partial charge in [0, 0.05) is 123 Å². The summed E-state index contributed by atoms with van der Waals surface area (Å²) in [7, 11) is 7.81. The van der Waals surface area contributed by atoms with Crippen molar-refractivity contribution in [1.29, 1.82) is 0 Å². The smallest absolute Gasteiger partial charge is 0.416 e. The van der Waals surface area contributed by atoms with Crippen LogP contribution in [0.1, 0.15) is 69.8 Å². The van der Waals surface area contributed by atoms with Gasteiger partial charge in [0.15, 0.2) is 34.0 Å². The van der Waals surface area contributed by atoms with Crippen LogP contribution in [0.5, 0.6) is 5.75 Å². The first-order chi connectivity index (χ1) is 67.3. The number of carboxylic acids is 1. The summed E-state index contributed by atoms with van der Waals surface area (Å²) in [6.45, 7) is 0.963. The Morgan fingerprint density at radius 2 is 0.655 bits per heavy atom. The van der Waals surface area contributed by atoms with Gasteiger partial charge in [0.25, 0.3) is 5.91 Å². The summed E-state index contributed by atoms with van der Waals surface area (Å²) in [4.78, 5) is 81.7. The number of pyridine rings is 5. The van der Waals surface area contributed by atoms with E-state index in [1.165, 1.54) is 43.9 Å².